The van der Waals surface area contributed by atoms with Crippen LogP contribution in [0.4, 0.5) is 0 Å². The third-order valence-corrected chi connectivity index (χ3v) is 4.21. The van der Waals surface area contributed by atoms with Crippen molar-refractivity contribution in [3.8, 4) is 0 Å². The Bertz CT molecular complexity index is 241. The second kappa shape index (κ2) is 7.78. The molecule has 1 saturated carbocycles. The number of hydrogen-bond donors (Lipinski definition) is 1. The van der Waals surface area contributed by atoms with E-state index in [1.165, 1.54) is 19.3 Å². The molecule has 3 nitrogen and oxygen atoms in total. The fourth-order valence-electron chi connectivity index (χ4n) is 3.09. The van der Waals surface area contributed by atoms with Crippen LogP contribution in [0.1, 0.15) is 65.2 Å². The van der Waals surface area contributed by atoms with Crippen molar-refractivity contribution in [1.29, 1.82) is 0 Å². The van der Waals surface area contributed by atoms with Crippen molar-refractivity contribution < 1.29 is 4.79 Å². The van der Waals surface area contributed by atoms with E-state index in [4.69, 9.17) is 5.73 Å². The van der Waals surface area contributed by atoms with Crippen molar-refractivity contribution in [1.82, 2.24) is 4.90 Å². The molecule has 0 aromatic rings. The van der Waals surface area contributed by atoms with Gasteiger partial charge in [-0.3, -0.25) is 4.79 Å². The van der Waals surface area contributed by atoms with Gasteiger partial charge >= 0.3 is 0 Å². The molecular formula is C15H30N2O. The number of hydrogen-bond acceptors (Lipinski definition) is 2. The van der Waals surface area contributed by atoms with E-state index in [0.717, 1.165) is 38.8 Å². The fraction of sp³-hybridized carbons (Fsp3) is 0.933. The van der Waals surface area contributed by atoms with Gasteiger partial charge in [0.25, 0.3) is 0 Å². The maximum Gasteiger partial charge on any atom is 0.223 e. The van der Waals surface area contributed by atoms with E-state index in [1.807, 2.05) is 4.90 Å². The lowest BCUT2D eigenvalue weighted by Gasteiger charge is -2.37. The average Bonchev–Trinajstić information content (AvgIpc) is 2.39. The summed E-state index contributed by atoms with van der Waals surface area (Å²) in [5, 5.41) is 0. The van der Waals surface area contributed by atoms with Crippen LogP contribution in [0.25, 0.3) is 0 Å². The summed E-state index contributed by atoms with van der Waals surface area (Å²) in [6, 6.07) is 0. The summed E-state index contributed by atoms with van der Waals surface area (Å²) in [6.07, 6.45) is 8.83. The molecule has 106 valence electrons. The van der Waals surface area contributed by atoms with Gasteiger partial charge in [0.05, 0.1) is 0 Å². The van der Waals surface area contributed by atoms with Crippen LogP contribution in [0.15, 0.2) is 0 Å². The van der Waals surface area contributed by atoms with Crippen LogP contribution in [-0.2, 0) is 4.79 Å². The molecule has 0 aromatic carbocycles. The Morgan fingerprint density at radius 1 is 1.11 bits per heavy atom. The van der Waals surface area contributed by atoms with Crippen molar-refractivity contribution in [3.63, 3.8) is 0 Å². The molecule has 0 bridgehead atoms. The Labute approximate surface area is 112 Å². The van der Waals surface area contributed by atoms with Gasteiger partial charge in [0.15, 0.2) is 0 Å². The zero-order valence-corrected chi connectivity index (χ0v) is 12.2. The van der Waals surface area contributed by atoms with Crippen LogP contribution in [0.3, 0.4) is 0 Å². The van der Waals surface area contributed by atoms with Gasteiger partial charge in [-0.1, -0.05) is 33.1 Å². The van der Waals surface area contributed by atoms with E-state index in [0.29, 0.717) is 18.9 Å². The Kier molecular flexibility index (Phi) is 6.69. The molecule has 18 heavy (non-hydrogen) atoms. The quantitative estimate of drug-likeness (QED) is 0.759. The molecule has 1 aliphatic carbocycles. The minimum absolute atomic E-state index is 0.106. The monoisotopic (exact) mass is 254 g/mol. The molecule has 0 atom stereocenters. The predicted molar refractivity (Wildman–Crippen MR) is 76.4 cm³/mol. The summed E-state index contributed by atoms with van der Waals surface area (Å²) in [6.45, 7) is 6.73. The minimum atomic E-state index is 0.106. The summed E-state index contributed by atoms with van der Waals surface area (Å²) in [7, 11) is 0. The van der Waals surface area contributed by atoms with Gasteiger partial charge in [-0.2, -0.15) is 0 Å². The summed E-state index contributed by atoms with van der Waals surface area (Å²) in [4.78, 5) is 14.5. The number of rotatable bonds is 7. The number of amides is 1. The lowest BCUT2D eigenvalue weighted by molar-refractivity contribution is -0.134. The van der Waals surface area contributed by atoms with Gasteiger partial charge < -0.3 is 10.6 Å². The molecular weight excluding hydrogens is 224 g/mol. The van der Waals surface area contributed by atoms with Crippen molar-refractivity contribution in [2.45, 2.75) is 65.2 Å². The van der Waals surface area contributed by atoms with Crippen molar-refractivity contribution in [2.24, 2.45) is 11.1 Å². The van der Waals surface area contributed by atoms with Gasteiger partial charge in [0.1, 0.15) is 0 Å². The number of carbonyl (C=O) groups excluding carboxylic acids is 1. The molecule has 0 radical (unpaired) electrons. The van der Waals surface area contributed by atoms with E-state index in [1.54, 1.807) is 0 Å². The molecule has 0 heterocycles. The van der Waals surface area contributed by atoms with Crippen molar-refractivity contribution in [3.05, 3.63) is 0 Å². The lowest BCUT2D eigenvalue weighted by Crippen LogP contribution is -2.41. The molecule has 3 heteroatoms. The molecule has 1 fully saturated rings. The van der Waals surface area contributed by atoms with Crippen molar-refractivity contribution >= 4 is 5.91 Å². The van der Waals surface area contributed by atoms with E-state index < -0.39 is 0 Å². The number of nitrogens with two attached hydrogens (primary N) is 1. The second-order valence-electron chi connectivity index (χ2n) is 5.82. The maximum absolute atomic E-state index is 12.4. The van der Waals surface area contributed by atoms with Crippen LogP contribution >= 0.6 is 0 Å². The molecule has 0 aromatic heterocycles. The van der Waals surface area contributed by atoms with Crippen LogP contribution in [0, 0.1) is 5.41 Å². The topological polar surface area (TPSA) is 46.3 Å². The molecule has 0 saturated heterocycles. The predicted octanol–water partition coefficient (Wildman–Crippen LogP) is 2.93. The number of carbonyl (C=O) groups is 1. The Morgan fingerprint density at radius 3 is 2.11 bits per heavy atom. The van der Waals surface area contributed by atoms with Crippen LogP contribution in [-0.4, -0.2) is 30.4 Å². The first kappa shape index (κ1) is 15.5. The third kappa shape index (κ3) is 4.27. The van der Waals surface area contributed by atoms with E-state index in [2.05, 4.69) is 13.8 Å². The highest BCUT2D eigenvalue weighted by Crippen LogP contribution is 2.38. The SMILES string of the molecule is CCCN(CCC)C(=O)CC1(CN)CCCCC1. The molecule has 2 N–H and O–H groups in total. The summed E-state index contributed by atoms with van der Waals surface area (Å²) in [5.74, 6) is 0.325. The Balaban J connectivity index is 2.58. The normalized spacial score (nSPS) is 18.6. The maximum atomic E-state index is 12.4. The minimum Gasteiger partial charge on any atom is -0.343 e. The van der Waals surface area contributed by atoms with Crippen LogP contribution < -0.4 is 5.73 Å². The third-order valence-electron chi connectivity index (χ3n) is 4.21. The summed E-state index contributed by atoms with van der Waals surface area (Å²) < 4.78 is 0. The highest BCUT2D eigenvalue weighted by molar-refractivity contribution is 5.77. The Morgan fingerprint density at radius 2 is 1.67 bits per heavy atom. The van der Waals surface area contributed by atoms with Crippen LogP contribution in [0.2, 0.25) is 0 Å². The van der Waals surface area contributed by atoms with Gasteiger partial charge in [0.2, 0.25) is 5.91 Å². The van der Waals surface area contributed by atoms with E-state index >= 15 is 0 Å². The van der Waals surface area contributed by atoms with E-state index in [9.17, 15) is 4.79 Å². The first-order valence-electron chi connectivity index (χ1n) is 7.65. The van der Waals surface area contributed by atoms with Gasteiger partial charge in [-0.05, 0) is 37.6 Å². The van der Waals surface area contributed by atoms with Gasteiger partial charge in [0, 0.05) is 19.5 Å². The average molecular weight is 254 g/mol. The molecule has 0 unspecified atom stereocenters. The second-order valence-corrected chi connectivity index (χ2v) is 5.82. The first-order chi connectivity index (χ1) is 8.67. The molecule has 1 rings (SSSR count). The van der Waals surface area contributed by atoms with Gasteiger partial charge in [-0.25, -0.2) is 0 Å². The largest absolute Gasteiger partial charge is 0.343 e. The lowest BCUT2D eigenvalue weighted by atomic mass is 9.71. The Hall–Kier alpha value is -0.570. The zero-order chi connectivity index (χ0) is 13.4. The number of nitrogens with zero attached hydrogens (tertiary/aromatic N) is 1. The smallest absolute Gasteiger partial charge is 0.223 e. The van der Waals surface area contributed by atoms with E-state index in [-0.39, 0.29) is 5.41 Å². The molecule has 1 aliphatic rings. The fourth-order valence-corrected chi connectivity index (χ4v) is 3.09. The molecule has 1 amide bonds. The van der Waals surface area contributed by atoms with Crippen molar-refractivity contribution in [2.75, 3.05) is 19.6 Å². The first-order valence-corrected chi connectivity index (χ1v) is 7.65. The highest BCUT2D eigenvalue weighted by Gasteiger charge is 2.34. The van der Waals surface area contributed by atoms with Gasteiger partial charge in [-0.15, -0.1) is 0 Å². The zero-order valence-electron chi connectivity index (χ0n) is 12.2. The summed E-state index contributed by atoms with van der Waals surface area (Å²) >= 11 is 0. The van der Waals surface area contributed by atoms with Crippen LogP contribution in [0.5, 0.6) is 0 Å². The highest BCUT2D eigenvalue weighted by atomic mass is 16.2. The summed E-state index contributed by atoms with van der Waals surface area (Å²) in [5.41, 5.74) is 6.07. The molecule has 0 spiro atoms. The standard InChI is InChI=1S/C15H30N2O/c1-3-10-17(11-4-2)14(18)12-15(13-16)8-6-5-7-9-15/h3-13,16H2,1-2H3. The molecule has 0 aliphatic heterocycles.